The number of aliphatic hydroxyl groups is 1. The largest absolute Gasteiger partial charge is 0.395 e. The van der Waals surface area contributed by atoms with Crippen LogP contribution in [0.15, 0.2) is 30.3 Å². The Morgan fingerprint density at radius 3 is 2.64 bits per heavy atom. The number of benzene rings is 1. The highest BCUT2D eigenvalue weighted by molar-refractivity contribution is 7.98. The van der Waals surface area contributed by atoms with Gasteiger partial charge in [0.25, 0.3) is 0 Å². The summed E-state index contributed by atoms with van der Waals surface area (Å²) in [5.41, 5.74) is 1.26. The number of aliphatic hydroxyl groups excluding tert-OH is 1. The molecule has 0 aliphatic carbocycles. The Morgan fingerprint density at radius 2 is 2.07 bits per heavy atom. The van der Waals surface area contributed by atoms with E-state index in [1.54, 1.807) is 11.8 Å². The Hall–Kier alpha value is -0.510. The third kappa shape index (κ3) is 4.13. The molecule has 2 nitrogen and oxygen atoms in total. The number of rotatable bonds is 6. The van der Waals surface area contributed by atoms with Crippen LogP contribution in [0, 0.1) is 0 Å². The maximum atomic E-state index is 9.06. The summed E-state index contributed by atoms with van der Waals surface area (Å²) in [5, 5.41) is 12.4. The van der Waals surface area contributed by atoms with Gasteiger partial charge in [-0.05, 0) is 11.8 Å². The smallest absolute Gasteiger partial charge is 0.0592 e. The number of hydrogen-bond donors (Lipinski definition) is 2. The van der Waals surface area contributed by atoms with E-state index < -0.39 is 0 Å². The predicted molar refractivity (Wildman–Crippen MR) is 62.5 cm³/mol. The standard InChI is InChI=1S/C11H17NOS/c1-14-9-11(8-13)12-7-10-5-3-2-4-6-10/h2-6,11-13H,7-9H2,1H3. The molecule has 0 aromatic heterocycles. The summed E-state index contributed by atoms with van der Waals surface area (Å²) in [6, 6.07) is 10.4. The van der Waals surface area contributed by atoms with Crippen molar-refractivity contribution in [2.24, 2.45) is 0 Å². The lowest BCUT2D eigenvalue weighted by Gasteiger charge is -2.14. The molecule has 0 spiro atoms. The zero-order chi connectivity index (χ0) is 10.2. The van der Waals surface area contributed by atoms with Crippen LogP contribution in [0.1, 0.15) is 5.56 Å². The Balaban J connectivity index is 2.32. The molecule has 14 heavy (non-hydrogen) atoms. The van der Waals surface area contributed by atoms with Crippen molar-refractivity contribution in [1.29, 1.82) is 0 Å². The van der Waals surface area contributed by atoms with E-state index in [1.807, 2.05) is 24.5 Å². The molecule has 1 aromatic carbocycles. The van der Waals surface area contributed by atoms with Gasteiger partial charge in [-0.3, -0.25) is 0 Å². The molecule has 0 saturated carbocycles. The van der Waals surface area contributed by atoms with E-state index in [0.717, 1.165) is 12.3 Å². The van der Waals surface area contributed by atoms with Crippen molar-refractivity contribution in [1.82, 2.24) is 5.32 Å². The third-order valence-corrected chi connectivity index (χ3v) is 2.76. The van der Waals surface area contributed by atoms with Gasteiger partial charge in [0.05, 0.1) is 6.61 Å². The van der Waals surface area contributed by atoms with E-state index in [2.05, 4.69) is 17.4 Å². The summed E-state index contributed by atoms with van der Waals surface area (Å²) in [6.45, 7) is 1.03. The van der Waals surface area contributed by atoms with Crippen LogP contribution >= 0.6 is 11.8 Å². The van der Waals surface area contributed by atoms with Gasteiger partial charge in [-0.25, -0.2) is 0 Å². The van der Waals surface area contributed by atoms with Gasteiger partial charge in [0.2, 0.25) is 0 Å². The van der Waals surface area contributed by atoms with Crippen LogP contribution in [0.2, 0.25) is 0 Å². The van der Waals surface area contributed by atoms with Gasteiger partial charge in [-0.2, -0.15) is 11.8 Å². The third-order valence-electron chi connectivity index (χ3n) is 2.03. The quantitative estimate of drug-likeness (QED) is 0.748. The summed E-state index contributed by atoms with van der Waals surface area (Å²) < 4.78 is 0. The molecule has 1 aromatic rings. The Labute approximate surface area is 89.7 Å². The molecule has 1 rings (SSSR count). The molecule has 1 unspecified atom stereocenters. The average molecular weight is 211 g/mol. The zero-order valence-electron chi connectivity index (χ0n) is 8.44. The Bertz CT molecular complexity index is 240. The summed E-state index contributed by atoms with van der Waals surface area (Å²) >= 11 is 1.75. The molecular formula is C11H17NOS. The summed E-state index contributed by atoms with van der Waals surface area (Å²) in [4.78, 5) is 0. The maximum absolute atomic E-state index is 9.06. The lowest BCUT2D eigenvalue weighted by atomic mass is 10.2. The van der Waals surface area contributed by atoms with Crippen LogP contribution in [0.5, 0.6) is 0 Å². The lowest BCUT2D eigenvalue weighted by Crippen LogP contribution is -2.34. The highest BCUT2D eigenvalue weighted by Gasteiger charge is 2.04. The van der Waals surface area contributed by atoms with Crippen molar-refractivity contribution < 1.29 is 5.11 Å². The average Bonchev–Trinajstić information content (AvgIpc) is 2.25. The minimum absolute atomic E-state index is 0.199. The van der Waals surface area contributed by atoms with E-state index in [4.69, 9.17) is 5.11 Å². The van der Waals surface area contributed by atoms with Crippen molar-refractivity contribution >= 4 is 11.8 Å². The molecule has 0 amide bonds. The predicted octanol–water partition coefficient (Wildman–Crippen LogP) is 1.50. The molecule has 0 bridgehead atoms. The van der Waals surface area contributed by atoms with Crippen LogP contribution in [0.25, 0.3) is 0 Å². The van der Waals surface area contributed by atoms with Gasteiger partial charge in [0, 0.05) is 18.3 Å². The topological polar surface area (TPSA) is 32.3 Å². The second-order valence-corrected chi connectivity index (χ2v) is 4.11. The first-order chi connectivity index (χ1) is 6.86. The number of nitrogens with one attached hydrogen (secondary N) is 1. The highest BCUT2D eigenvalue weighted by atomic mass is 32.2. The lowest BCUT2D eigenvalue weighted by molar-refractivity contribution is 0.253. The van der Waals surface area contributed by atoms with Crippen LogP contribution in [0.3, 0.4) is 0 Å². The fraction of sp³-hybridized carbons (Fsp3) is 0.455. The van der Waals surface area contributed by atoms with Gasteiger partial charge in [0.15, 0.2) is 0 Å². The second-order valence-electron chi connectivity index (χ2n) is 3.20. The summed E-state index contributed by atoms with van der Waals surface area (Å²) in [7, 11) is 0. The Kier molecular flexibility index (Phi) is 5.68. The molecule has 0 radical (unpaired) electrons. The fourth-order valence-electron chi connectivity index (χ4n) is 1.24. The molecule has 0 saturated heterocycles. The van der Waals surface area contributed by atoms with Crippen molar-refractivity contribution in [3.63, 3.8) is 0 Å². The van der Waals surface area contributed by atoms with E-state index in [-0.39, 0.29) is 12.6 Å². The van der Waals surface area contributed by atoms with E-state index >= 15 is 0 Å². The van der Waals surface area contributed by atoms with Gasteiger partial charge in [0.1, 0.15) is 0 Å². The Morgan fingerprint density at radius 1 is 1.36 bits per heavy atom. The summed E-state index contributed by atoms with van der Waals surface area (Å²) in [5.74, 6) is 0.948. The van der Waals surface area contributed by atoms with Gasteiger partial charge in [-0.15, -0.1) is 0 Å². The van der Waals surface area contributed by atoms with Crippen LogP contribution in [-0.2, 0) is 6.54 Å². The van der Waals surface area contributed by atoms with E-state index in [0.29, 0.717) is 0 Å². The zero-order valence-corrected chi connectivity index (χ0v) is 9.26. The maximum Gasteiger partial charge on any atom is 0.0592 e. The first kappa shape index (κ1) is 11.6. The monoisotopic (exact) mass is 211 g/mol. The van der Waals surface area contributed by atoms with Crippen LogP contribution in [-0.4, -0.2) is 29.8 Å². The van der Waals surface area contributed by atoms with Gasteiger partial charge < -0.3 is 10.4 Å². The molecule has 0 heterocycles. The summed E-state index contributed by atoms with van der Waals surface area (Å²) in [6.07, 6.45) is 2.05. The molecule has 1 atom stereocenters. The first-order valence-corrected chi connectivity index (χ1v) is 6.13. The van der Waals surface area contributed by atoms with Gasteiger partial charge >= 0.3 is 0 Å². The van der Waals surface area contributed by atoms with Crippen LogP contribution in [0.4, 0.5) is 0 Å². The van der Waals surface area contributed by atoms with E-state index in [1.165, 1.54) is 5.56 Å². The van der Waals surface area contributed by atoms with E-state index in [9.17, 15) is 0 Å². The van der Waals surface area contributed by atoms with Crippen molar-refractivity contribution in [2.45, 2.75) is 12.6 Å². The normalized spacial score (nSPS) is 12.7. The molecule has 0 aliphatic heterocycles. The van der Waals surface area contributed by atoms with Crippen molar-refractivity contribution in [2.75, 3.05) is 18.6 Å². The van der Waals surface area contributed by atoms with Gasteiger partial charge in [-0.1, -0.05) is 30.3 Å². The van der Waals surface area contributed by atoms with Crippen molar-refractivity contribution in [3.05, 3.63) is 35.9 Å². The molecule has 0 aliphatic rings. The first-order valence-electron chi connectivity index (χ1n) is 4.74. The second kappa shape index (κ2) is 6.87. The van der Waals surface area contributed by atoms with Crippen molar-refractivity contribution in [3.8, 4) is 0 Å². The number of hydrogen-bond acceptors (Lipinski definition) is 3. The fourth-order valence-corrected chi connectivity index (χ4v) is 1.86. The highest BCUT2D eigenvalue weighted by Crippen LogP contribution is 2.01. The molecule has 3 heteroatoms. The minimum Gasteiger partial charge on any atom is -0.395 e. The molecule has 0 fully saturated rings. The SMILES string of the molecule is CSCC(CO)NCc1ccccc1. The number of thioether (sulfide) groups is 1. The molecule has 2 N–H and O–H groups in total. The molecule has 78 valence electrons. The molecular weight excluding hydrogens is 194 g/mol. The van der Waals surface area contributed by atoms with Crippen LogP contribution < -0.4 is 5.32 Å². The minimum atomic E-state index is 0.199.